The molecule has 0 spiro atoms. The highest BCUT2D eigenvalue weighted by molar-refractivity contribution is 9.10. The van der Waals surface area contributed by atoms with Crippen LogP contribution >= 0.6 is 15.9 Å². The van der Waals surface area contributed by atoms with Gasteiger partial charge in [-0.1, -0.05) is 24.0 Å². The van der Waals surface area contributed by atoms with Gasteiger partial charge in [-0.25, -0.2) is 0 Å². The van der Waals surface area contributed by atoms with E-state index in [1.54, 1.807) is 7.11 Å². The first-order valence-corrected chi connectivity index (χ1v) is 4.96. The van der Waals surface area contributed by atoms with Crippen LogP contribution in [-0.2, 0) is 4.74 Å². The van der Waals surface area contributed by atoms with Crippen molar-refractivity contribution < 1.29 is 9.47 Å². The minimum atomic E-state index is 0.381. The fourth-order valence-electron chi connectivity index (χ4n) is 0.850. The molecule has 0 aliphatic heterocycles. The first-order chi connectivity index (χ1) is 6.84. The lowest BCUT2D eigenvalue weighted by atomic mass is 10.3. The number of hydrogen-bond donors (Lipinski definition) is 0. The number of rotatable bonds is 3. The molecular formula is C11H11BrO2. The Morgan fingerprint density at radius 2 is 1.93 bits per heavy atom. The van der Waals surface area contributed by atoms with Gasteiger partial charge in [-0.2, -0.15) is 0 Å². The Bertz CT molecular complexity index is 339. The van der Waals surface area contributed by atoms with E-state index in [1.165, 1.54) is 0 Å². The van der Waals surface area contributed by atoms with E-state index in [0.29, 0.717) is 13.2 Å². The maximum absolute atomic E-state index is 5.41. The molecular weight excluding hydrogens is 244 g/mol. The highest BCUT2D eigenvalue weighted by Gasteiger charge is 1.96. The number of para-hydroxylation sites is 1. The largest absolute Gasteiger partial charge is 0.480 e. The van der Waals surface area contributed by atoms with Crippen molar-refractivity contribution in [1.82, 2.24) is 0 Å². The van der Waals surface area contributed by atoms with Gasteiger partial charge in [-0.05, 0) is 28.1 Å². The SMILES string of the molecule is COCC#CCOc1ccccc1Br. The minimum Gasteiger partial charge on any atom is -0.480 e. The zero-order valence-corrected chi connectivity index (χ0v) is 9.50. The van der Waals surface area contributed by atoms with E-state index in [2.05, 4.69) is 27.8 Å². The summed E-state index contributed by atoms with van der Waals surface area (Å²) in [6.45, 7) is 0.825. The molecule has 0 aromatic heterocycles. The van der Waals surface area contributed by atoms with Gasteiger partial charge in [0.1, 0.15) is 19.0 Å². The van der Waals surface area contributed by atoms with E-state index >= 15 is 0 Å². The number of methoxy groups -OCH3 is 1. The molecule has 0 aliphatic carbocycles. The van der Waals surface area contributed by atoms with Crippen LogP contribution < -0.4 is 4.74 Å². The second-order valence-corrected chi connectivity index (χ2v) is 3.36. The summed E-state index contributed by atoms with van der Waals surface area (Å²) in [5, 5.41) is 0. The number of hydrogen-bond acceptors (Lipinski definition) is 2. The van der Waals surface area contributed by atoms with Crippen molar-refractivity contribution in [2.75, 3.05) is 20.3 Å². The summed E-state index contributed by atoms with van der Waals surface area (Å²) in [5.41, 5.74) is 0. The number of halogens is 1. The van der Waals surface area contributed by atoms with Gasteiger partial charge < -0.3 is 9.47 Å². The standard InChI is InChI=1S/C11H11BrO2/c1-13-8-4-5-9-14-11-7-3-2-6-10(11)12/h2-3,6-7H,8-9H2,1H3. The number of benzene rings is 1. The lowest BCUT2D eigenvalue weighted by Gasteiger charge is -2.03. The molecule has 0 saturated heterocycles. The van der Waals surface area contributed by atoms with Crippen LogP contribution in [0, 0.1) is 11.8 Å². The summed E-state index contributed by atoms with van der Waals surface area (Å²) < 4.78 is 11.1. The van der Waals surface area contributed by atoms with Crippen molar-refractivity contribution in [1.29, 1.82) is 0 Å². The molecule has 0 saturated carbocycles. The zero-order chi connectivity index (χ0) is 10.2. The first-order valence-electron chi connectivity index (χ1n) is 4.16. The van der Waals surface area contributed by atoms with Crippen molar-refractivity contribution in [2.45, 2.75) is 0 Å². The van der Waals surface area contributed by atoms with Crippen LogP contribution in [0.5, 0.6) is 5.75 Å². The minimum absolute atomic E-state index is 0.381. The van der Waals surface area contributed by atoms with Crippen LogP contribution in [0.15, 0.2) is 28.7 Å². The molecule has 14 heavy (non-hydrogen) atoms. The average molecular weight is 255 g/mol. The predicted molar refractivity (Wildman–Crippen MR) is 59.3 cm³/mol. The van der Waals surface area contributed by atoms with E-state index in [1.807, 2.05) is 24.3 Å². The van der Waals surface area contributed by atoms with Crippen molar-refractivity contribution in [3.05, 3.63) is 28.7 Å². The first kappa shape index (κ1) is 11.1. The van der Waals surface area contributed by atoms with Crippen molar-refractivity contribution in [3.63, 3.8) is 0 Å². The quantitative estimate of drug-likeness (QED) is 0.772. The van der Waals surface area contributed by atoms with E-state index in [-0.39, 0.29) is 0 Å². The molecule has 0 fully saturated rings. The van der Waals surface area contributed by atoms with Gasteiger partial charge in [0.2, 0.25) is 0 Å². The molecule has 1 aromatic rings. The summed E-state index contributed by atoms with van der Waals surface area (Å²) >= 11 is 3.38. The Morgan fingerprint density at radius 1 is 1.21 bits per heavy atom. The van der Waals surface area contributed by atoms with Crippen molar-refractivity contribution >= 4 is 15.9 Å². The van der Waals surface area contributed by atoms with Crippen LogP contribution in [-0.4, -0.2) is 20.3 Å². The molecule has 0 radical (unpaired) electrons. The van der Waals surface area contributed by atoms with Crippen LogP contribution in [0.2, 0.25) is 0 Å². The van der Waals surface area contributed by atoms with Crippen LogP contribution in [0.1, 0.15) is 0 Å². The molecule has 1 rings (SSSR count). The molecule has 0 atom stereocenters. The molecule has 0 unspecified atom stereocenters. The molecule has 0 N–H and O–H groups in total. The van der Waals surface area contributed by atoms with E-state index in [9.17, 15) is 0 Å². The molecule has 3 heteroatoms. The molecule has 0 bridgehead atoms. The Hall–Kier alpha value is -0.980. The maximum atomic E-state index is 5.41. The highest BCUT2D eigenvalue weighted by Crippen LogP contribution is 2.23. The second kappa shape index (κ2) is 6.47. The number of ether oxygens (including phenoxy) is 2. The molecule has 0 amide bonds. The Balaban J connectivity index is 2.40. The topological polar surface area (TPSA) is 18.5 Å². The van der Waals surface area contributed by atoms with Gasteiger partial charge in [0.25, 0.3) is 0 Å². The summed E-state index contributed by atoms with van der Waals surface area (Å²) in [4.78, 5) is 0. The predicted octanol–water partition coefficient (Wildman–Crippen LogP) is 2.48. The Labute approximate surface area is 92.3 Å². The molecule has 1 aromatic carbocycles. The second-order valence-electron chi connectivity index (χ2n) is 2.51. The fourth-order valence-corrected chi connectivity index (χ4v) is 1.25. The molecule has 0 aliphatic rings. The van der Waals surface area contributed by atoms with Gasteiger partial charge in [0, 0.05) is 7.11 Å². The third kappa shape index (κ3) is 3.82. The van der Waals surface area contributed by atoms with E-state index in [0.717, 1.165) is 10.2 Å². The lowest BCUT2D eigenvalue weighted by molar-refractivity contribution is 0.239. The third-order valence-corrected chi connectivity index (χ3v) is 2.13. The van der Waals surface area contributed by atoms with Crippen LogP contribution in [0.25, 0.3) is 0 Å². The Morgan fingerprint density at radius 3 is 2.64 bits per heavy atom. The Kier molecular flexibility index (Phi) is 5.13. The third-order valence-electron chi connectivity index (χ3n) is 1.48. The van der Waals surface area contributed by atoms with Gasteiger partial charge in [-0.15, -0.1) is 0 Å². The van der Waals surface area contributed by atoms with Crippen molar-refractivity contribution in [3.8, 4) is 17.6 Å². The van der Waals surface area contributed by atoms with Gasteiger partial charge in [0.05, 0.1) is 4.47 Å². The van der Waals surface area contributed by atoms with Crippen LogP contribution in [0.3, 0.4) is 0 Å². The normalized spacial score (nSPS) is 9.00. The summed E-state index contributed by atoms with van der Waals surface area (Å²) in [7, 11) is 1.61. The lowest BCUT2D eigenvalue weighted by Crippen LogP contribution is -1.95. The van der Waals surface area contributed by atoms with Gasteiger partial charge in [-0.3, -0.25) is 0 Å². The maximum Gasteiger partial charge on any atom is 0.149 e. The summed E-state index contributed by atoms with van der Waals surface area (Å²) in [6.07, 6.45) is 0. The van der Waals surface area contributed by atoms with Gasteiger partial charge >= 0.3 is 0 Å². The van der Waals surface area contributed by atoms with Gasteiger partial charge in [0.15, 0.2) is 0 Å². The monoisotopic (exact) mass is 254 g/mol. The van der Waals surface area contributed by atoms with Crippen molar-refractivity contribution in [2.24, 2.45) is 0 Å². The van der Waals surface area contributed by atoms with Crippen LogP contribution in [0.4, 0.5) is 0 Å². The summed E-state index contributed by atoms with van der Waals surface area (Å²) in [5.74, 6) is 6.46. The van der Waals surface area contributed by atoms with E-state index < -0.39 is 0 Å². The molecule has 74 valence electrons. The molecule has 0 heterocycles. The smallest absolute Gasteiger partial charge is 0.149 e. The average Bonchev–Trinajstić information content (AvgIpc) is 2.20. The summed E-state index contributed by atoms with van der Waals surface area (Å²) in [6, 6.07) is 7.68. The fraction of sp³-hybridized carbons (Fsp3) is 0.273. The highest BCUT2D eigenvalue weighted by atomic mass is 79.9. The molecule has 2 nitrogen and oxygen atoms in total. The zero-order valence-electron chi connectivity index (χ0n) is 7.92. The van der Waals surface area contributed by atoms with E-state index in [4.69, 9.17) is 9.47 Å².